The predicted molar refractivity (Wildman–Crippen MR) is 116 cm³/mol. The summed E-state index contributed by atoms with van der Waals surface area (Å²) >= 11 is 1.43. The van der Waals surface area contributed by atoms with Crippen LogP contribution in [-0.2, 0) is 4.74 Å². The third-order valence-electron chi connectivity index (χ3n) is 4.87. The summed E-state index contributed by atoms with van der Waals surface area (Å²) in [5.41, 5.74) is 2.62. The van der Waals surface area contributed by atoms with Crippen LogP contribution in [0.2, 0.25) is 0 Å². The van der Waals surface area contributed by atoms with E-state index in [9.17, 15) is 20.4 Å². The lowest BCUT2D eigenvalue weighted by molar-refractivity contribution is -0.277. The van der Waals surface area contributed by atoms with E-state index in [-0.39, 0.29) is 0 Å². The Kier molecular flexibility index (Phi) is 6.71. The molecule has 4 N–H and O–H groups in total. The summed E-state index contributed by atoms with van der Waals surface area (Å²) < 4.78 is 11.0. The summed E-state index contributed by atoms with van der Waals surface area (Å²) in [5, 5.41) is 41.6. The highest BCUT2D eigenvalue weighted by molar-refractivity contribution is 7.13. The number of benzene rings is 2. The molecule has 0 radical (unpaired) electrons. The van der Waals surface area contributed by atoms with Gasteiger partial charge in [0.1, 0.15) is 30.2 Å². The number of thiazole rings is 1. The van der Waals surface area contributed by atoms with Gasteiger partial charge in [0.25, 0.3) is 0 Å². The number of ether oxygens (including phenoxy) is 2. The first-order valence-electron chi connectivity index (χ1n) is 9.67. The van der Waals surface area contributed by atoms with Crippen LogP contribution in [-0.4, -0.2) is 68.9 Å². The maximum Gasteiger partial charge on any atom is 0.229 e. The molecule has 31 heavy (non-hydrogen) atoms. The molecule has 2 heterocycles. The van der Waals surface area contributed by atoms with Crippen molar-refractivity contribution < 1.29 is 29.9 Å². The number of aliphatic hydroxyl groups excluding tert-OH is 4. The van der Waals surface area contributed by atoms with E-state index < -0.39 is 37.3 Å². The molecular weight excluding hydrogens is 420 g/mol. The molecule has 0 unspecified atom stereocenters. The first-order chi connectivity index (χ1) is 15.0. The third kappa shape index (κ3) is 4.99. The molecule has 0 saturated carbocycles. The quantitative estimate of drug-likeness (QED) is 0.429. The van der Waals surface area contributed by atoms with Gasteiger partial charge in [-0.3, -0.25) is 0 Å². The predicted octanol–water partition coefficient (Wildman–Crippen LogP) is 1.74. The maximum absolute atomic E-state index is 10.1. The van der Waals surface area contributed by atoms with Crippen LogP contribution < -0.4 is 4.74 Å². The molecule has 0 aliphatic carbocycles. The van der Waals surface area contributed by atoms with Crippen LogP contribution >= 0.6 is 11.3 Å². The highest BCUT2D eigenvalue weighted by Crippen LogP contribution is 2.29. The molecule has 5 atom stereocenters. The van der Waals surface area contributed by atoms with Gasteiger partial charge in [0.05, 0.1) is 12.3 Å². The van der Waals surface area contributed by atoms with Gasteiger partial charge in [0, 0.05) is 17.2 Å². The number of aromatic nitrogens is 1. The second kappa shape index (κ2) is 9.65. The molecule has 3 aromatic rings. The second-order valence-corrected chi connectivity index (χ2v) is 7.86. The number of nitrogens with zero attached hydrogens (tertiary/aromatic N) is 2. The number of aliphatic hydroxyl groups is 4. The summed E-state index contributed by atoms with van der Waals surface area (Å²) in [6.45, 7) is -0.511. The molecule has 0 amide bonds. The molecule has 8 nitrogen and oxygen atoms in total. The van der Waals surface area contributed by atoms with Crippen LogP contribution in [0.25, 0.3) is 11.3 Å². The first-order valence-corrected chi connectivity index (χ1v) is 10.6. The third-order valence-corrected chi connectivity index (χ3v) is 5.62. The highest BCUT2D eigenvalue weighted by Gasteiger charge is 2.44. The summed E-state index contributed by atoms with van der Waals surface area (Å²) in [4.78, 5) is 8.92. The fraction of sp³-hybridized carbons (Fsp3) is 0.273. The van der Waals surface area contributed by atoms with Crippen molar-refractivity contribution in [3.8, 4) is 17.0 Å². The Morgan fingerprint density at radius 2 is 1.74 bits per heavy atom. The van der Waals surface area contributed by atoms with Gasteiger partial charge in [-0.2, -0.15) is 0 Å². The Morgan fingerprint density at radius 1 is 1.00 bits per heavy atom. The SMILES string of the molecule is OC[C@H]1O[C@@H](Oc2ccc(-c3csc(/N=C/c4ccccc4)n3)cc2)[C@H](O)[C@@H](O)[C@@H]1O. The van der Waals surface area contributed by atoms with E-state index in [1.165, 1.54) is 11.3 Å². The van der Waals surface area contributed by atoms with Crippen LogP contribution in [0.4, 0.5) is 5.13 Å². The van der Waals surface area contributed by atoms with E-state index >= 15 is 0 Å². The smallest absolute Gasteiger partial charge is 0.229 e. The highest BCUT2D eigenvalue weighted by atomic mass is 32.1. The van der Waals surface area contributed by atoms with Gasteiger partial charge in [-0.15, -0.1) is 11.3 Å². The number of rotatable bonds is 6. The minimum Gasteiger partial charge on any atom is -0.462 e. The van der Waals surface area contributed by atoms with E-state index in [1.54, 1.807) is 30.5 Å². The Bertz CT molecular complexity index is 1010. The van der Waals surface area contributed by atoms with Crippen molar-refractivity contribution in [3.63, 3.8) is 0 Å². The molecule has 0 bridgehead atoms. The van der Waals surface area contributed by atoms with Gasteiger partial charge in [-0.1, -0.05) is 30.3 Å². The van der Waals surface area contributed by atoms with Crippen LogP contribution in [0, 0.1) is 0 Å². The fourth-order valence-corrected chi connectivity index (χ4v) is 3.80. The van der Waals surface area contributed by atoms with Crippen molar-refractivity contribution in [2.24, 2.45) is 4.99 Å². The molecule has 4 rings (SSSR count). The zero-order chi connectivity index (χ0) is 21.8. The lowest BCUT2D eigenvalue weighted by atomic mass is 9.99. The van der Waals surface area contributed by atoms with Crippen LogP contribution in [0.1, 0.15) is 5.56 Å². The molecule has 1 aliphatic heterocycles. The average molecular weight is 442 g/mol. The monoisotopic (exact) mass is 442 g/mol. The molecule has 1 saturated heterocycles. The second-order valence-electron chi connectivity index (χ2n) is 7.02. The minimum atomic E-state index is -1.49. The van der Waals surface area contributed by atoms with Crippen LogP contribution in [0.15, 0.2) is 65.0 Å². The van der Waals surface area contributed by atoms with Gasteiger partial charge < -0.3 is 29.9 Å². The summed E-state index contributed by atoms with van der Waals surface area (Å²) in [7, 11) is 0. The van der Waals surface area contributed by atoms with Crippen molar-refractivity contribution in [2.45, 2.75) is 30.7 Å². The van der Waals surface area contributed by atoms with Crippen molar-refractivity contribution in [1.29, 1.82) is 0 Å². The maximum atomic E-state index is 10.1. The van der Waals surface area contributed by atoms with Crippen LogP contribution in [0.3, 0.4) is 0 Å². The van der Waals surface area contributed by atoms with Crippen LogP contribution in [0.5, 0.6) is 5.75 Å². The molecule has 0 spiro atoms. The normalized spacial score (nSPS) is 26.3. The number of aliphatic imine (C=N–C) groups is 1. The lowest BCUT2D eigenvalue weighted by Gasteiger charge is -2.39. The lowest BCUT2D eigenvalue weighted by Crippen LogP contribution is -2.60. The molecule has 2 aromatic carbocycles. The van der Waals surface area contributed by atoms with Gasteiger partial charge in [0.15, 0.2) is 0 Å². The Hall–Kier alpha value is -2.66. The minimum absolute atomic E-state index is 0.394. The van der Waals surface area contributed by atoms with E-state index in [2.05, 4.69) is 9.98 Å². The van der Waals surface area contributed by atoms with Crippen molar-refractivity contribution in [3.05, 3.63) is 65.5 Å². The Morgan fingerprint density at radius 3 is 2.45 bits per heavy atom. The number of hydrogen-bond donors (Lipinski definition) is 4. The molecule has 9 heteroatoms. The van der Waals surface area contributed by atoms with E-state index in [4.69, 9.17) is 9.47 Å². The van der Waals surface area contributed by atoms with Gasteiger partial charge in [-0.25, -0.2) is 9.98 Å². The van der Waals surface area contributed by atoms with Gasteiger partial charge in [0.2, 0.25) is 11.4 Å². The molecular formula is C22H22N2O6S. The van der Waals surface area contributed by atoms with Gasteiger partial charge in [-0.05, 0) is 29.8 Å². The summed E-state index contributed by atoms with van der Waals surface area (Å²) in [5.74, 6) is 0.394. The van der Waals surface area contributed by atoms with E-state index in [1.807, 2.05) is 35.7 Å². The topological polar surface area (TPSA) is 125 Å². The first kappa shape index (κ1) is 21.6. The zero-order valence-corrected chi connectivity index (χ0v) is 17.2. The largest absolute Gasteiger partial charge is 0.462 e. The molecule has 1 aromatic heterocycles. The summed E-state index contributed by atoms with van der Waals surface area (Å²) in [6.07, 6.45) is -4.85. The summed E-state index contributed by atoms with van der Waals surface area (Å²) in [6, 6.07) is 16.7. The zero-order valence-electron chi connectivity index (χ0n) is 16.4. The Balaban J connectivity index is 1.42. The average Bonchev–Trinajstić information content (AvgIpc) is 3.28. The molecule has 162 valence electrons. The van der Waals surface area contributed by atoms with E-state index in [0.29, 0.717) is 10.9 Å². The van der Waals surface area contributed by atoms with Crippen molar-refractivity contribution in [1.82, 2.24) is 4.98 Å². The molecule has 1 aliphatic rings. The Labute approximate surface area is 182 Å². The van der Waals surface area contributed by atoms with Gasteiger partial charge >= 0.3 is 0 Å². The number of hydrogen-bond acceptors (Lipinski definition) is 9. The fourth-order valence-electron chi connectivity index (χ4n) is 3.13. The van der Waals surface area contributed by atoms with Crippen molar-refractivity contribution in [2.75, 3.05) is 6.61 Å². The molecule has 1 fully saturated rings. The van der Waals surface area contributed by atoms with E-state index in [0.717, 1.165) is 16.8 Å². The van der Waals surface area contributed by atoms with Crippen molar-refractivity contribution >= 4 is 22.7 Å². The standard InChI is InChI=1S/C22H22N2O6S/c25-11-17-18(26)19(27)20(28)21(30-17)29-15-8-6-14(7-9-15)16-12-31-22(24-16)23-10-13-4-2-1-3-5-13/h1-10,12,17-21,25-28H,11H2/b23-10+/t17-,18-,19+,20-,21-/m1/s1.